The van der Waals surface area contributed by atoms with Crippen LogP contribution in [0.5, 0.6) is 0 Å². The van der Waals surface area contributed by atoms with E-state index in [4.69, 9.17) is 5.11 Å². The highest BCUT2D eigenvalue weighted by atomic mass is 32.2. The summed E-state index contributed by atoms with van der Waals surface area (Å²) in [7, 11) is 1.63. The molecule has 0 spiro atoms. The SMILES string of the molecule is CSC1C[C@H](O)N(C)C1=O. The topological polar surface area (TPSA) is 40.5 Å². The van der Waals surface area contributed by atoms with E-state index in [0.29, 0.717) is 6.42 Å². The summed E-state index contributed by atoms with van der Waals surface area (Å²) in [5, 5.41) is 9.13. The Labute approximate surface area is 64.4 Å². The summed E-state index contributed by atoms with van der Waals surface area (Å²) in [4.78, 5) is 12.5. The molecule has 0 aliphatic carbocycles. The Bertz CT molecular complexity index is 151. The zero-order chi connectivity index (χ0) is 7.72. The fourth-order valence-corrected chi connectivity index (χ4v) is 1.75. The molecule has 1 aliphatic heterocycles. The van der Waals surface area contributed by atoms with Gasteiger partial charge in [0.15, 0.2) is 0 Å². The normalized spacial score (nSPS) is 33.5. The zero-order valence-corrected chi connectivity index (χ0v) is 6.89. The third-order valence-electron chi connectivity index (χ3n) is 1.78. The Balaban J connectivity index is 2.62. The first-order chi connectivity index (χ1) is 4.66. The maximum absolute atomic E-state index is 11.1. The number of rotatable bonds is 1. The Hall–Kier alpha value is -0.220. The molecule has 4 heteroatoms. The quantitative estimate of drug-likeness (QED) is 0.583. The second-order valence-electron chi connectivity index (χ2n) is 2.39. The van der Waals surface area contributed by atoms with Crippen LogP contribution in [-0.4, -0.2) is 40.7 Å². The Morgan fingerprint density at radius 1 is 1.80 bits per heavy atom. The molecule has 1 unspecified atom stereocenters. The summed E-state index contributed by atoms with van der Waals surface area (Å²) in [6.45, 7) is 0. The van der Waals surface area contributed by atoms with Crippen LogP contribution < -0.4 is 0 Å². The van der Waals surface area contributed by atoms with Gasteiger partial charge in [0.25, 0.3) is 0 Å². The summed E-state index contributed by atoms with van der Waals surface area (Å²) in [6, 6.07) is 0. The number of hydrogen-bond acceptors (Lipinski definition) is 3. The lowest BCUT2D eigenvalue weighted by atomic mass is 10.3. The largest absolute Gasteiger partial charge is 0.373 e. The first-order valence-corrected chi connectivity index (χ1v) is 4.43. The number of aliphatic hydroxyl groups excluding tert-OH is 1. The van der Waals surface area contributed by atoms with Crippen molar-refractivity contribution in [2.45, 2.75) is 17.9 Å². The van der Waals surface area contributed by atoms with Crippen molar-refractivity contribution in [2.75, 3.05) is 13.3 Å². The van der Waals surface area contributed by atoms with Crippen molar-refractivity contribution in [2.24, 2.45) is 0 Å². The number of nitrogens with zero attached hydrogens (tertiary/aromatic N) is 1. The molecular formula is C6H11NO2S. The van der Waals surface area contributed by atoms with Crippen molar-refractivity contribution in [3.05, 3.63) is 0 Å². The molecule has 58 valence electrons. The van der Waals surface area contributed by atoms with Gasteiger partial charge < -0.3 is 10.0 Å². The molecule has 0 aromatic carbocycles. The van der Waals surface area contributed by atoms with E-state index >= 15 is 0 Å². The van der Waals surface area contributed by atoms with Crippen LogP contribution in [0.3, 0.4) is 0 Å². The molecule has 1 heterocycles. The molecule has 1 aliphatic rings. The third-order valence-corrected chi connectivity index (χ3v) is 2.74. The van der Waals surface area contributed by atoms with Crippen molar-refractivity contribution >= 4 is 17.7 Å². The van der Waals surface area contributed by atoms with Crippen molar-refractivity contribution < 1.29 is 9.90 Å². The number of thioether (sulfide) groups is 1. The van der Waals surface area contributed by atoms with Crippen LogP contribution >= 0.6 is 11.8 Å². The first kappa shape index (κ1) is 7.88. The zero-order valence-electron chi connectivity index (χ0n) is 6.07. The molecule has 3 nitrogen and oxygen atoms in total. The van der Waals surface area contributed by atoms with Crippen LogP contribution in [0, 0.1) is 0 Å². The summed E-state index contributed by atoms with van der Waals surface area (Å²) in [6.07, 6.45) is 1.88. The van der Waals surface area contributed by atoms with Gasteiger partial charge in [-0.25, -0.2) is 0 Å². The molecule has 0 saturated carbocycles. The van der Waals surface area contributed by atoms with E-state index in [1.807, 2.05) is 6.26 Å². The van der Waals surface area contributed by atoms with Crippen LogP contribution in [0.4, 0.5) is 0 Å². The van der Waals surface area contributed by atoms with Gasteiger partial charge in [-0.15, -0.1) is 0 Å². The molecule has 1 amide bonds. The average molecular weight is 161 g/mol. The third kappa shape index (κ3) is 1.13. The van der Waals surface area contributed by atoms with Gasteiger partial charge in [0.2, 0.25) is 5.91 Å². The Kier molecular flexibility index (Phi) is 2.21. The van der Waals surface area contributed by atoms with Crippen LogP contribution in [-0.2, 0) is 4.79 Å². The lowest BCUT2D eigenvalue weighted by Crippen LogP contribution is -2.29. The van der Waals surface area contributed by atoms with Crippen LogP contribution in [0.2, 0.25) is 0 Å². The Morgan fingerprint density at radius 2 is 2.40 bits per heavy atom. The smallest absolute Gasteiger partial charge is 0.237 e. The monoisotopic (exact) mass is 161 g/mol. The second-order valence-corrected chi connectivity index (χ2v) is 3.43. The first-order valence-electron chi connectivity index (χ1n) is 3.14. The lowest BCUT2D eigenvalue weighted by Gasteiger charge is -2.12. The predicted octanol–water partition coefficient (Wildman–Crippen LogP) is -0.102. The predicted molar refractivity (Wildman–Crippen MR) is 40.7 cm³/mol. The fraction of sp³-hybridized carbons (Fsp3) is 0.833. The molecular weight excluding hydrogens is 150 g/mol. The summed E-state index contributed by atoms with van der Waals surface area (Å²) in [5.41, 5.74) is 0. The van der Waals surface area contributed by atoms with Gasteiger partial charge in [0.05, 0.1) is 5.25 Å². The van der Waals surface area contributed by atoms with Gasteiger partial charge >= 0.3 is 0 Å². The lowest BCUT2D eigenvalue weighted by molar-refractivity contribution is -0.130. The molecule has 2 atom stereocenters. The van der Waals surface area contributed by atoms with E-state index in [9.17, 15) is 4.79 Å². The van der Waals surface area contributed by atoms with Gasteiger partial charge in [-0.05, 0) is 6.26 Å². The summed E-state index contributed by atoms with van der Waals surface area (Å²) < 4.78 is 0. The van der Waals surface area contributed by atoms with Crippen LogP contribution in [0.15, 0.2) is 0 Å². The summed E-state index contributed by atoms with van der Waals surface area (Å²) >= 11 is 1.50. The molecule has 0 aromatic rings. The standard InChI is InChI=1S/C6H11NO2S/c1-7-5(8)3-4(10-2)6(7)9/h4-5,8H,3H2,1-2H3/t4?,5-/m0/s1. The highest BCUT2D eigenvalue weighted by molar-refractivity contribution is 7.99. The van der Waals surface area contributed by atoms with Crippen molar-refractivity contribution in [1.82, 2.24) is 4.90 Å². The molecule has 1 saturated heterocycles. The van der Waals surface area contributed by atoms with Crippen LogP contribution in [0.1, 0.15) is 6.42 Å². The number of carbonyl (C=O) groups is 1. The molecule has 0 radical (unpaired) electrons. The molecule has 1 N–H and O–H groups in total. The van der Waals surface area contributed by atoms with E-state index in [1.165, 1.54) is 16.7 Å². The van der Waals surface area contributed by atoms with E-state index in [2.05, 4.69) is 0 Å². The van der Waals surface area contributed by atoms with E-state index in [1.54, 1.807) is 7.05 Å². The molecule has 1 fully saturated rings. The van der Waals surface area contributed by atoms with Crippen molar-refractivity contribution in [3.8, 4) is 0 Å². The maximum Gasteiger partial charge on any atom is 0.237 e. The molecule has 0 aromatic heterocycles. The van der Waals surface area contributed by atoms with E-state index in [0.717, 1.165) is 0 Å². The average Bonchev–Trinajstić information content (AvgIpc) is 2.17. The van der Waals surface area contributed by atoms with E-state index < -0.39 is 6.23 Å². The van der Waals surface area contributed by atoms with Gasteiger partial charge in [-0.2, -0.15) is 11.8 Å². The van der Waals surface area contributed by atoms with Gasteiger partial charge in [0.1, 0.15) is 6.23 Å². The molecule has 1 rings (SSSR count). The number of hydrogen-bond donors (Lipinski definition) is 1. The molecule has 0 bridgehead atoms. The van der Waals surface area contributed by atoms with Crippen molar-refractivity contribution in [3.63, 3.8) is 0 Å². The van der Waals surface area contributed by atoms with Gasteiger partial charge in [-0.1, -0.05) is 0 Å². The maximum atomic E-state index is 11.1. The fourth-order valence-electron chi connectivity index (χ4n) is 1.02. The second kappa shape index (κ2) is 2.80. The van der Waals surface area contributed by atoms with Crippen molar-refractivity contribution in [1.29, 1.82) is 0 Å². The highest BCUT2D eigenvalue weighted by Crippen LogP contribution is 2.24. The molecule has 10 heavy (non-hydrogen) atoms. The Morgan fingerprint density at radius 3 is 2.60 bits per heavy atom. The number of carbonyl (C=O) groups excluding carboxylic acids is 1. The van der Waals surface area contributed by atoms with Gasteiger partial charge in [0, 0.05) is 13.5 Å². The minimum absolute atomic E-state index is 0.0278. The summed E-state index contributed by atoms with van der Waals surface area (Å²) in [5.74, 6) is 0.0417. The van der Waals surface area contributed by atoms with Gasteiger partial charge in [-0.3, -0.25) is 4.79 Å². The minimum Gasteiger partial charge on any atom is -0.373 e. The van der Waals surface area contributed by atoms with Crippen LogP contribution in [0.25, 0.3) is 0 Å². The van der Waals surface area contributed by atoms with E-state index in [-0.39, 0.29) is 11.2 Å². The minimum atomic E-state index is -0.565. The number of aliphatic hydroxyl groups is 1. The highest BCUT2D eigenvalue weighted by Gasteiger charge is 2.35. The number of likely N-dealkylation sites (tertiary alicyclic amines) is 1. The number of amides is 1.